The van der Waals surface area contributed by atoms with E-state index >= 15 is 0 Å². The summed E-state index contributed by atoms with van der Waals surface area (Å²) in [5.74, 6) is 0. The van der Waals surface area contributed by atoms with Gasteiger partial charge in [0.2, 0.25) is 0 Å². The normalized spacial score (nSPS) is 19.7. The number of benzene rings is 8. The maximum atomic E-state index is 9.64. The Kier molecular flexibility index (Phi) is 2.31. The molecule has 44 heavy (non-hydrogen) atoms. The topological polar surface area (TPSA) is 13.1 Å². The van der Waals surface area contributed by atoms with Gasteiger partial charge in [-0.3, -0.25) is 0 Å². The fraction of sp³-hybridized carbons (Fsp3) is 0.0233. The van der Waals surface area contributed by atoms with Crippen molar-refractivity contribution in [3.8, 4) is 33.4 Å². The average molecular weight is 586 g/mol. The largest absolute Gasteiger partial charge is 0.455 e. The van der Waals surface area contributed by atoms with E-state index in [4.69, 9.17) is 27.7 Å². The molecule has 1 aromatic heterocycles. The highest BCUT2D eigenvalue weighted by Gasteiger charge is 2.21. The molecule has 1 nitrogen and oxygen atoms in total. The molecule has 0 N–H and O–H groups in total. The molecule has 0 aliphatic carbocycles. The molecule has 0 saturated carbocycles. The van der Waals surface area contributed by atoms with E-state index in [-0.39, 0.29) is 10.9 Å². The minimum absolute atomic E-state index is 0.327. The van der Waals surface area contributed by atoms with E-state index in [0.717, 1.165) is 0 Å². The zero-order valence-corrected chi connectivity index (χ0v) is 22.4. The molecule has 0 aliphatic rings. The number of fused-ring (bicyclic) bond motifs is 6. The standard InChI is InChI=1S/C43H28O/c1-27-26-29(32-20-10-13-28-12-2-3-14-31(28)32)24-25-30(27)41-34-16-4-6-18-36(34)42(37-19-7-5-17-35(37)41)39-22-11-21-38-33-15-8-9-23-40(33)44-43(38)39/h2-26H,1H3/i2D,3D,4D,5D,6D,7D,8D,9D,10D,11D,12D,13D,14D,15D,16D,17D,18D,19D,20D,21D,22D,23D,24D,25D,26D. The summed E-state index contributed by atoms with van der Waals surface area (Å²) in [4.78, 5) is 0. The van der Waals surface area contributed by atoms with Crippen molar-refractivity contribution in [1.82, 2.24) is 0 Å². The molecular formula is C43H28O. The maximum absolute atomic E-state index is 9.64. The number of para-hydroxylation sites is 2. The first-order chi connectivity index (χ1) is 32.2. The minimum atomic E-state index is -0.936. The molecule has 9 rings (SSSR count). The van der Waals surface area contributed by atoms with Gasteiger partial charge in [-0.05, 0) is 73.1 Å². The summed E-state index contributed by atoms with van der Waals surface area (Å²) in [6, 6.07) is -20.8. The lowest BCUT2D eigenvalue weighted by Crippen LogP contribution is -1.93. The van der Waals surface area contributed by atoms with Crippen LogP contribution in [0.3, 0.4) is 0 Å². The van der Waals surface area contributed by atoms with Gasteiger partial charge in [-0.2, -0.15) is 0 Å². The number of hydrogen-bond donors (Lipinski definition) is 0. The first-order valence-electron chi connectivity index (χ1n) is 25.7. The van der Waals surface area contributed by atoms with E-state index < -0.39 is 233 Å². The van der Waals surface area contributed by atoms with Crippen LogP contribution in [0.1, 0.15) is 39.8 Å². The highest BCUT2D eigenvalue weighted by molar-refractivity contribution is 6.24. The second-order valence-corrected chi connectivity index (χ2v) is 9.76. The molecule has 0 bridgehead atoms. The third-order valence-electron chi connectivity index (χ3n) is 7.37. The van der Waals surface area contributed by atoms with Crippen molar-refractivity contribution >= 4 is 54.3 Å². The van der Waals surface area contributed by atoms with Crippen molar-refractivity contribution in [2.45, 2.75) is 6.92 Å². The lowest BCUT2D eigenvalue weighted by Gasteiger charge is -2.19. The lowest BCUT2D eigenvalue weighted by molar-refractivity contribution is 0.670. The first kappa shape index (κ1) is 10.5. The van der Waals surface area contributed by atoms with Crippen molar-refractivity contribution in [2.75, 3.05) is 0 Å². The minimum Gasteiger partial charge on any atom is -0.455 e. The highest BCUT2D eigenvalue weighted by atomic mass is 16.3. The van der Waals surface area contributed by atoms with Gasteiger partial charge < -0.3 is 4.42 Å². The van der Waals surface area contributed by atoms with Crippen LogP contribution >= 0.6 is 0 Å². The molecule has 8 aromatic carbocycles. The summed E-state index contributed by atoms with van der Waals surface area (Å²) in [7, 11) is 0. The Labute approximate surface area is 290 Å². The average Bonchev–Trinajstić information content (AvgIpc) is 3.72. The lowest BCUT2D eigenvalue weighted by atomic mass is 9.84. The predicted molar refractivity (Wildman–Crippen MR) is 187 cm³/mol. The Morgan fingerprint density at radius 2 is 0.955 bits per heavy atom. The van der Waals surface area contributed by atoms with Crippen molar-refractivity contribution in [3.05, 3.63) is 157 Å². The van der Waals surface area contributed by atoms with Gasteiger partial charge in [0.1, 0.15) is 11.2 Å². The fourth-order valence-corrected chi connectivity index (χ4v) is 5.50. The van der Waals surface area contributed by atoms with Gasteiger partial charge in [-0.1, -0.05) is 145 Å². The van der Waals surface area contributed by atoms with Crippen LogP contribution in [-0.2, 0) is 0 Å². The van der Waals surface area contributed by atoms with Gasteiger partial charge in [0.25, 0.3) is 0 Å². The van der Waals surface area contributed by atoms with Crippen molar-refractivity contribution in [3.63, 3.8) is 0 Å². The van der Waals surface area contributed by atoms with Crippen LogP contribution in [0.5, 0.6) is 0 Å². The monoisotopic (exact) mass is 585 g/mol. The summed E-state index contributed by atoms with van der Waals surface area (Å²) < 4.78 is 229. The zero-order chi connectivity index (χ0) is 51.0. The van der Waals surface area contributed by atoms with Gasteiger partial charge >= 0.3 is 0 Å². The molecule has 1 heteroatoms. The number of furan rings is 1. The summed E-state index contributed by atoms with van der Waals surface area (Å²) >= 11 is 0. The molecule has 0 aliphatic heterocycles. The Morgan fingerprint density at radius 3 is 1.68 bits per heavy atom. The van der Waals surface area contributed by atoms with Crippen LogP contribution in [0, 0.1) is 6.92 Å². The summed E-state index contributed by atoms with van der Waals surface area (Å²) in [5, 5.41) is -4.26. The molecule has 0 saturated heterocycles. The second-order valence-electron chi connectivity index (χ2n) is 9.76. The molecular weight excluding hydrogens is 532 g/mol. The van der Waals surface area contributed by atoms with E-state index in [1.54, 1.807) is 0 Å². The van der Waals surface area contributed by atoms with E-state index in [1.807, 2.05) is 0 Å². The van der Waals surface area contributed by atoms with Crippen LogP contribution in [0.25, 0.3) is 87.6 Å². The predicted octanol–water partition coefficient (Wildman–Crippen LogP) is 12.4. The molecule has 0 fully saturated rings. The van der Waals surface area contributed by atoms with Crippen molar-refractivity contribution in [2.24, 2.45) is 0 Å². The third-order valence-corrected chi connectivity index (χ3v) is 7.37. The first-order valence-corrected chi connectivity index (χ1v) is 13.2. The zero-order valence-electron chi connectivity index (χ0n) is 47.4. The van der Waals surface area contributed by atoms with E-state index in [1.165, 1.54) is 6.92 Å². The molecule has 206 valence electrons. The molecule has 0 unspecified atom stereocenters. The number of rotatable bonds is 3. The second kappa shape index (κ2) is 9.69. The summed E-state index contributed by atoms with van der Waals surface area (Å²) in [6.07, 6.45) is 0. The van der Waals surface area contributed by atoms with Gasteiger partial charge in [0.05, 0.1) is 34.3 Å². The Morgan fingerprint density at radius 1 is 0.432 bits per heavy atom. The molecule has 9 aromatic rings. The van der Waals surface area contributed by atoms with Crippen LogP contribution < -0.4 is 0 Å². The van der Waals surface area contributed by atoms with Gasteiger partial charge in [-0.15, -0.1) is 0 Å². The van der Waals surface area contributed by atoms with Gasteiger partial charge in [-0.25, -0.2) is 0 Å². The molecule has 0 radical (unpaired) electrons. The Balaban J connectivity index is 1.58. The van der Waals surface area contributed by atoms with Crippen LogP contribution in [0.15, 0.2) is 155 Å². The molecule has 0 amide bonds. The number of hydrogen-bond acceptors (Lipinski definition) is 1. The maximum Gasteiger partial charge on any atom is 0.143 e. The van der Waals surface area contributed by atoms with Crippen LogP contribution in [-0.4, -0.2) is 0 Å². The van der Waals surface area contributed by atoms with E-state index in [2.05, 4.69) is 0 Å². The van der Waals surface area contributed by atoms with Crippen LogP contribution in [0.2, 0.25) is 0 Å². The van der Waals surface area contributed by atoms with Crippen molar-refractivity contribution in [1.29, 1.82) is 0 Å². The van der Waals surface area contributed by atoms with Crippen LogP contribution in [0.4, 0.5) is 0 Å². The molecule has 1 heterocycles. The third kappa shape index (κ3) is 3.66. The van der Waals surface area contributed by atoms with Crippen molar-refractivity contribution < 1.29 is 38.7 Å². The SMILES string of the molecule is [2H]c1c([2H])c(-c2c3c([2H])c([2H])c([2H])c([2H])c3c(-c3c([2H])c([2H])c([2H])c4c3oc3c([2H])c([2H])c([2H])c([2H])c34)c3c([2H])c([2H])c([2H])c([2H])c23)c(C)c([2H])c1-c1c([2H])c([2H])c([2H])c2c([2H])c([2H])c([2H])c([2H])c12. The molecule has 0 atom stereocenters. The highest BCUT2D eigenvalue weighted by Crippen LogP contribution is 2.47. The fourth-order valence-electron chi connectivity index (χ4n) is 5.50. The Bertz CT molecular complexity index is 3850. The quantitative estimate of drug-likeness (QED) is 0.188. The summed E-state index contributed by atoms with van der Waals surface area (Å²) in [5.41, 5.74) is -4.88. The smallest absolute Gasteiger partial charge is 0.143 e. The molecule has 0 spiro atoms. The van der Waals surface area contributed by atoms with Gasteiger partial charge in [0, 0.05) is 21.9 Å². The Hall–Kier alpha value is -5.66. The van der Waals surface area contributed by atoms with Gasteiger partial charge in [0.15, 0.2) is 0 Å². The van der Waals surface area contributed by atoms with E-state index in [0.29, 0.717) is 0 Å². The van der Waals surface area contributed by atoms with E-state index in [9.17, 15) is 11.0 Å². The summed E-state index contributed by atoms with van der Waals surface area (Å²) in [6.45, 7) is 1.22.